The fourth-order valence-corrected chi connectivity index (χ4v) is 2.00. The number of carbonyl (C=O) groups excluding carboxylic acids is 1. The quantitative estimate of drug-likeness (QED) is 0.819. The lowest BCUT2D eigenvalue weighted by molar-refractivity contribution is 0.00746. The zero-order valence-corrected chi connectivity index (χ0v) is 10.9. The van der Waals surface area contributed by atoms with Crippen molar-refractivity contribution >= 4 is 6.09 Å². The van der Waals surface area contributed by atoms with Gasteiger partial charge in [0, 0.05) is 14.2 Å². The predicted octanol–water partition coefficient (Wildman–Crippen LogP) is 2.41. The van der Waals surface area contributed by atoms with E-state index in [2.05, 4.69) is 24.4 Å². The molecule has 0 saturated carbocycles. The highest BCUT2D eigenvalue weighted by Crippen LogP contribution is 2.25. The Labute approximate surface area is 103 Å². The Morgan fingerprint density at radius 3 is 2.76 bits per heavy atom. The van der Waals surface area contributed by atoms with E-state index in [4.69, 9.17) is 9.47 Å². The van der Waals surface area contributed by atoms with Crippen LogP contribution in [0, 0.1) is 0 Å². The Hall–Kier alpha value is -1.29. The van der Waals surface area contributed by atoms with Crippen molar-refractivity contribution < 1.29 is 14.3 Å². The summed E-state index contributed by atoms with van der Waals surface area (Å²) >= 11 is 0. The molecule has 0 heterocycles. The van der Waals surface area contributed by atoms with Crippen LogP contribution in [0.4, 0.5) is 4.79 Å². The van der Waals surface area contributed by atoms with E-state index in [0.717, 1.165) is 18.4 Å². The van der Waals surface area contributed by atoms with E-state index in [0.29, 0.717) is 0 Å². The highest BCUT2D eigenvalue weighted by molar-refractivity contribution is 5.67. The van der Waals surface area contributed by atoms with Crippen molar-refractivity contribution in [3.05, 3.63) is 23.3 Å². The monoisotopic (exact) mass is 239 g/mol. The largest absolute Gasteiger partial charge is 0.443 e. The third-order valence-electron chi connectivity index (χ3n) is 2.96. The maximum atomic E-state index is 11.2. The molecule has 0 unspecified atom stereocenters. The Morgan fingerprint density at radius 1 is 1.53 bits per heavy atom. The second-order valence-electron chi connectivity index (χ2n) is 4.19. The van der Waals surface area contributed by atoms with Crippen LogP contribution in [0.1, 0.15) is 26.7 Å². The third-order valence-corrected chi connectivity index (χ3v) is 2.96. The molecule has 1 aliphatic rings. The standard InChI is InChI=1S/C13H21NO3/c1-9-7-5-6-8-11(9)12(16-4)10(2)17-13(15)14-3/h6,8,10,12H,5,7H2,1-4H3,(H,14,15)/t10-,12+/m0/s1. The molecule has 0 aromatic heterocycles. The molecular weight excluding hydrogens is 218 g/mol. The maximum absolute atomic E-state index is 11.2. The fraction of sp³-hybridized carbons (Fsp3) is 0.615. The van der Waals surface area contributed by atoms with Crippen LogP contribution >= 0.6 is 0 Å². The first-order valence-corrected chi connectivity index (χ1v) is 5.87. The number of rotatable bonds is 4. The van der Waals surface area contributed by atoms with Gasteiger partial charge in [0.1, 0.15) is 12.2 Å². The average Bonchev–Trinajstić information content (AvgIpc) is 2.32. The molecule has 1 amide bonds. The Kier molecular flexibility index (Phi) is 5.22. The average molecular weight is 239 g/mol. The molecule has 1 N–H and O–H groups in total. The van der Waals surface area contributed by atoms with Crippen molar-refractivity contribution in [2.45, 2.75) is 38.9 Å². The fourth-order valence-electron chi connectivity index (χ4n) is 2.00. The summed E-state index contributed by atoms with van der Waals surface area (Å²) in [6.45, 7) is 3.93. The first-order valence-electron chi connectivity index (χ1n) is 5.87. The first kappa shape index (κ1) is 13.8. The Morgan fingerprint density at radius 2 is 2.24 bits per heavy atom. The molecule has 4 nitrogen and oxygen atoms in total. The van der Waals surface area contributed by atoms with E-state index in [9.17, 15) is 4.79 Å². The van der Waals surface area contributed by atoms with Crippen LogP contribution in [0.2, 0.25) is 0 Å². The molecule has 0 aromatic rings. The number of nitrogens with one attached hydrogen (secondary N) is 1. The highest BCUT2D eigenvalue weighted by Gasteiger charge is 2.25. The van der Waals surface area contributed by atoms with E-state index in [1.807, 2.05) is 6.92 Å². The van der Waals surface area contributed by atoms with Crippen molar-refractivity contribution in [3.8, 4) is 0 Å². The minimum Gasteiger partial charge on any atom is -0.443 e. The smallest absolute Gasteiger partial charge is 0.407 e. The molecule has 0 aliphatic heterocycles. The molecule has 1 aliphatic carbocycles. The van der Waals surface area contributed by atoms with Crippen molar-refractivity contribution in [2.24, 2.45) is 0 Å². The normalized spacial score (nSPS) is 18.8. The van der Waals surface area contributed by atoms with Gasteiger partial charge in [-0.25, -0.2) is 4.79 Å². The van der Waals surface area contributed by atoms with E-state index >= 15 is 0 Å². The van der Waals surface area contributed by atoms with Crippen LogP contribution in [-0.2, 0) is 9.47 Å². The van der Waals surface area contributed by atoms with Crippen LogP contribution < -0.4 is 5.32 Å². The van der Waals surface area contributed by atoms with E-state index < -0.39 is 6.09 Å². The number of hydrogen-bond donors (Lipinski definition) is 1. The van der Waals surface area contributed by atoms with Gasteiger partial charge >= 0.3 is 6.09 Å². The Bertz CT molecular complexity index is 334. The van der Waals surface area contributed by atoms with Gasteiger partial charge in [-0.05, 0) is 32.3 Å². The van der Waals surface area contributed by atoms with E-state index in [1.165, 1.54) is 5.57 Å². The topological polar surface area (TPSA) is 47.6 Å². The zero-order valence-electron chi connectivity index (χ0n) is 10.9. The van der Waals surface area contributed by atoms with Gasteiger partial charge in [-0.15, -0.1) is 0 Å². The summed E-state index contributed by atoms with van der Waals surface area (Å²) in [6.07, 6.45) is 5.35. The van der Waals surface area contributed by atoms with Gasteiger partial charge in [0.15, 0.2) is 0 Å². The van der Waals surface area contributed by atoms with Crippen LogP contribution in [0.5, 0.6) is 0 Å². The summed E-state index contributed by atoms with van der Waals surface area (Å²) in [5.74, 6) is 0. The summed E-state index contributed by atoms with van der Waals surface area (Å²) < 4.78 is 10.7. The van der Waals surface area contributed by atoms with Crippen molar-refractivity contribution in [1.82, 2.24) is 5.32 Å². The van der Waals surface area contributed by atoms with Crippen LogP contribution in [0.15, 0.2) is 23.3 Å². The van der Waals surface area contributed by atoms with E-state index in [-0.39, 0.29) is 12.2 Å². The molecule has 0 bridgehead atoms. The molecular formula is C13H21NO3. The number of alkyl carbamates (subject to hydrolysis) is 1. The molecule has 2 atom stereocenters. The third kappa shape index (κ3) is 3.60. The van der Waals surface area contributed by atoms with E-state index in [1.54, 1.807) is 14.2 Å². The van der Waals surface area contributed by atoms with Gasteiger partial charge < -0.3 is 14.8 Å². The molecule has 0 fully saturated rings. The SMILES string of the molecule is CNC(=O)O[C@@H](C)[C@@H](OC)C1=C(C)CCC=C1. The summed E-state index contributed by atoms with van der Waals surface area (Å²) in [4.78, 5) is 11.2. The molecule has 0 radical (unpaired) electrons. The number of carbonyl (C=O) groups is 1. The van der Waals surface area contributed by atoms with Crippen molar-refractivity contribution in [3.63, 3.8) is 0 Å². The number of amides is 1. The van der Waals surface area contributed by atoms with Crippen molar-refractivity contribution in [2.75, 3.05) is 14.2 Å². The lowest BCUT2D eigenvalue weighted by atomic mass is 9.93. The van der Waals surface area contributed by atoms with Crippen LogP contribution in [0.25, 0.3) is 0 Å². The maximum Gasteiger partial charge on any atom is 0.407 e. The lowest BCUT2D eigenvalue weighted by Crippen LogP contribution is -2.35. The van der Waals surface area contributed by atoms with Crippen LogP contribution in [0.3, 0.4) is 0 Å². The van der Waals surface area contributed by atoms with Gasteiger partial charge in [0.2, 0.25) is 0 Å². The molecule has 96 valence electrons. The number of hydrogen-bond acceptors (Lipinski definition) is 3. The van der Waals surface area contributed by atoms with Gasteiger partial charge in [-0.3, -0.25) is 0 Å². The van der Waals surface area contributed by atoms with Gasteiger partial charge in [0.05, 0.1) is 0 Å². The molecule has 0 spiro atoms. The van der Waals surface area contributed by atoms with Crippen LogP contribution in [-0.4, -0.2) is 32.5 Å². The molecule has 0 saturated heterocycles. The molecule has 17 heavy (non-hydrogen) atoms. The minimum absolute atomic E-state index is 0.205. The molecule has 4 heteroatoms. The predicted molar refractivity (Wildman–Crippen MR) is 66.9 cm³/mol. The highest BCUT2D eigenvalue weighted by atomic mass is 16.6. The lowest BCUT2D eigenvalue weighted by Gasteiger charge is -2.26. The minimum atomic E-state index is -0.433. The second-order valence-corrected chi connectivity index (χ2v) is 4.19. The van der Waals surface area contributed by atoms with Gasteiger partial charge in [0.25, 0.3) is 0 Å². The number of methoxy groups -OCH3 is 1. The van der Waals surface area contributed by atoms with Gasteiger partial charge in [-0.1, -0.05) is 17.7 Å². The number of ether oxygens (including phenoxy) is 2. The summed E-state index contributed by atoms with van der Waals surface area (Å²) in [7, 11) is 3.18. The Balaban J connectivity index is 2.77. The second kappa shape index (κ2) is 6.45. The summed E-state index contributed by atoms with van der Waals surface area (Å²) in [5.41, 5.74) is 2.42. The molecule has 1 rings (SSSR count). The zero-order chi connectivity index (χ0) is 12.8. The van der Waals surface area contributed by atoms with Gasteiger partial charge in [-0.2, -0.15) is 0 Å². The van der Waals surface area contributed by atoms with Crippen molar-refractivity contribution in [1.29, 1.82) is 0 Å². The number of allylic oxidation sites excluding steroid dienone is 2. The first-order chi connectivity index (χ1) is 8.10. The molecule has 0 aromatic carbocycles. The summed E-state index contributed by atoms with van der Waals surface area (Å²) in [6, 6.07) is 0. The summed E-state index contributed by atoms with van der Waals surface area (Å²) in [5, 5.41) is 2.44.